The van der Waals surface area contributed by atoms with Gasteiger partial charge in [-0.2, -0.15) is 0 Å². The van der Waals surface area contributed by atoms with Crippen LogP contribution in [-0.2, 0) is 4.74 Å². The van der Waals surface area contributed by atoms with E-state index < -0.39 is 0 Å². The molecule has 1 unspecified atom stereocenters. The molecule has 0 spiro atoms. The Morgan fingerprint density at radius 1 is 1.22 bits per heavy atom. The van der Waals surface area contributed by atoms with Gasteiger partial charge in [-0.25, -0.2) is 9.97 Å². The zero-order valence-electron chi connectivity index (χ0n) is 12.0. The van der Waals surface area contributed by atoms with Gasteiger partial charge in [0.2, 0.25) is 0 Å². The predicted octanol–water partition coefficient (Wildman–Crippen LogP) is 3.48. The molecule has 18 heavy (non-hydrogen) atoms. The summed E-state index contributed by atoms with van der Waals surface area (Å²) in [6.45, 7) is 9.93. The Morgan fingerprint density at radius 2 is 2.00 bits per heavy atom. The first-order chi connectivity index (χ1) is 8.71. The van der Waals surface area contributed by atoms with Gasteiger partial charge in [0.05, 0.1) is 0 Å². The monoisotopic (exact) mass is 251 g/mol. The molecule has 0 amide bonds. The Hall–Kier alpha value is -1.16. The summed E-state index contributed by atoms with van der Waals surface area (Å²) < 4.78 is 5.73. The molecule has 1 atom stereocenters. The van der Waals surface area contributed by atoms with Gasteiger partial charge >= 0.3 is 0 Å². The fourth-order valence-corrected chi connectivity index (χ4v) is 1.83. The number of nitrogens with zero attached hydrogens (tertiary/aromatic N) is 2. The zero-order valence-corrected chi connectivity index (χ0v) is 12.0. The largest absolute Gasteiger partial charge is 0.371 e. The van der Waals surface area contributed by atoms with Crippen molar-refractivity contribution in [2.75, 3.05) is 18.5 Å². The number of nitrogens with one attached hydrogen (secondary N) is 1. The van der Waals surface area contributed by atoms with Crippen molar-refractivity contribution >= 4 is 5.82 Å². The number of hydrogen-bond donors (Lipinski definition) is 1. The molecule has 0 aliphatic heterocycles. The molecule has 0 aliphatic carbocycles. The lowest BCUT2D eigenvalue weighted by atomic mass is 10.2. The van der Waals surface area contributed by atoms with Crippen LogP contribution in [0.1, 0.15) is 57.7 Å². The molecule has 1 heterocycles. The first-order valence-corrected chi connectivity index (χ1v) is 6.92. The molecule has 0 fully saturated rings. The quantitative estimate of drug-likeness (QED) is 0.768. The molecule has 1 rings (SSSR count). The van der Waals surface area contributed by atoms with Crippen molar-refractivity contribution in [1.29, 1.82) is 0 Å². The van der Waals surface area contributed by atoms with Gasteiger partial charge in [-0.3, -0.25) is 0 Å². The molecule has 0 aliphatic rings. The minimum atomic E-state index is 0.0158. The van der Waals surface area contributed by atoms with E-state index in [2.05, 4.69) is 29.1 Å². The second-order valence-electron chi connectivity index (χ2n) is 4.41. The van der Waals surface area contributed by atoms with Gasteiger partial charge in [0.25, 0.3) is 0 Å². The number of hydrogen-bond acceptors (Lipinski definition) is 4. The van der Waals surface area contributed by atoms with Crippen LogP contribution in [0, 0.1) is 6.92 Å². The molecule has 0 bridgehead atoms. The van der Waals surface area contributed by atoms with Crippen molar-refractivity contribution in [3.63, 3.8) is 0 Å². The van der Waals surface area contributed by atoms with Gasteiger partial charge in [0.15, 0.2) is 5.82 Å². The average molecular weight is 251 g/mol. The standard InChI is InChI=1S/C14H25N3O/c1-5-8-12(18-7-3)14-16-11(4)10-13(17-14)15-9-6-2/h10,12H,5-9H2,1-4H3,(H,15,16,17). The highest BCUT2D eigenvalue weighted by Crippen LogP contribution is 2.21. The molecule has 0 saturated carbocycles. The number of aromatic nitrogens is 2. The van der Waals surface area contributed by atoms with Gasteiger partial charge in [0.1, 0.15) is 11.9 Å². The predicted molar refractivity (Wildman–Crippen MR) is 74.8 cm³/mol. The first-order valence-electron chi connectivity index (χ1n) is 6.92. The van der Waals surface area contributed by atoms with Crippen molar-refractivity contribution in [2.45, 2.75) is 53.1 Å². The smallest absolute Gasteiger partial charge is 0.159 e. The maximum atomic E-state index is 5.73. The Bertz CT molecular complexity index is 349. The summed E-state index contributed by atoms with van der Waals surface area (Å²) in [7, 11) is 0. The lowest BCUT2D eigenvalue weighted by Gasteiger charge is -2.16. The highest BCUT2D eigenvalue weighted by Gasteiger charge is 2.15. The third kappa shape index (κ3) is 4.61. The van der Waals surface area contributed by atoms with E-state index in [1.807, 2.05) is 19.9 Å². The van der Waals surface area contributed by atoms with E-state index in [9.17, 15) is 0 Å². The Morgan fingerprint density at radius 3 is 2.61 bits per heavy atom. The summed E-state index contributed by atoms with van der Waals surface area (Å²) in [5.74, 6) is 1.71. The zero-order chi connectivity index (χ0) is 13.4. The third-order valence-corrected chi connectivity index (χ3v) is 2.63. The molecule has 0 radical (unpaired) electrons. The Kier molecular flexibility index (Phi) is 6.65. The van der Waals surface area contributed by atoms with Crippen LogP contribution in [0.15, 0.2) is 6.07 Å². The summed E-state index contributed by atoms with van der Waals surface area (Å²) in [6, 6.07) is 1.98. The van der Waals surface area contributed by atoms with Crippen molar-refractivity contribution in [2.24, 2.45) is 0 Å². The lowest BCUT2D eigenvalue weighted by Crippen LogP contribution is -2.12. The van der Waals surface area contributed by atoms with E-state index in [1.54, 1.807) is 0 Å². The van der Waals surface area contributed by atoms with E-state index in [4.69, 9.17) is 4.74 Å². The molecule has 4 nitrogen and oxygen atoms in total. The van der Waals surface area contributed by atoms with Crippen LogP contribution in [0.25, 0.3) is 0 Å². The highest BCUT2D eigenvalue weighted by atomic mass is 16.5. The molecule has 4 heteroatoms. The van der Waals surface area contributed by atoms with E-state index in [-0.39, 0.29) is 6.10 Å². The molecule has 1 aromatic heterocycles. The van der Waals surface area contributed by atoms with Crippen LogP contribution in [-0.4, -0.2) is 23.1 Å². The number of aryl methyl sites for hydroxylation is 1. The maximum Gasteiger partial charge on any atom is 0.159 e. The van der Waals surface area contributed by atoms with Crippen molar-refractivity contribution < 1.29 is 4.74 Å². The molecular weight excluding hydrogens is 226 g/mol. The van der Waals surface area contributed by atoms with Gasteiger partial charge in [-0.15, -0.1) is 0 Å². The SMILES string of the molecule is CCCNc1cc(C)nc(C(CCC)OCC)n1. The highest BCUT2D eigenvalue weighted by molar-refractivity contribution is 5.35. The number of ether oxygens (including phenoxy) is 1. The van der Waals surface area contributed by atoms with E-state index in [0.29, 0.717) is 6.61 Å². The van der Waals surface area contributed by atoms with E-state index in [1.165, 1.54) is 0 Å². The summed E-state index contributed by atoms with van der Waals surface area (Å²) in [6.07, 6.45) is 3.13. The summed E-state index contributed by atoms with van der Waals surface area (Å²) in [4.78, 5) is 9.06. The van der Waals surface area contributed by atoms with E-state index in [0.717, 1.165) is 43.1 Å². The summed E-state index contributed by atoms with van der Waals surface area (Å²) >= 11 is 0. The second-order valence-corrected chi connectivity index (χ2v) is 4.41. The van der Waals surface area contributed by atoms with Crippen molar-refractivity contribution in [3.05, 3.63) is 17.6 Å². The second kappa shape index (κ2) is 8.03. The summed E-state index contributed by atoms with van der Waals surface area (Å²) in [5, 5.41) is 3.31. The van der Waals surface area contributed by atoms with Gasteiger partial charge < -0.3 is 10.1 Å². The van der Waals surface area contributed by atoms with Crippen LogP contribution < -0.4 is 5.32 Å². The molecular formula is C14H25N3O. The first kappa shape index (κ1) is 14.9. The third-order valence-electron chi connectivity index (χ3n) is 2.63. The lowest BCUT2D eigenvalue weighted by molar-refractivity contribution is 0.0493. The fourth-order valence-electron chi connectivity index (χ4n) is 1.83. The van der Waals surface area contributed by atoms with Gasteiger partial charge in [-0.05, 0) is 26.7 Å². The maximum absolute atomic E-state index is 5.73. The van der Waals surface area contributed by atoms with Crippen LogP contribution in [0.3, 0.4) is 0 Å². The van der Waals surface area contributed by atoms with Crippen LogP contribution in [0.4, 0.5) is 5.82 Å². The Labute approximate surface area is 110 Å². The fraction of sp³-hybridized carbons (Fsp3) is 0.714. The molecule has 0 saturated heterocycles. The molecule has 102 valence electrons. The van der Waals surface area contributed by atoms with Crippen LogP contribution >= 0.6 is 0 Å². The van der Waals surface area contributed by atoms with Crippen LogP contribution in [0.2, 0.25) is 0 Å². The van der Waals surface area contributed by atoms with Crippen LogP contribution in [0.5, 0.6) is 0 Å². The average Bonchev–Trinajstić information content (AvgIpc) is 2.35. The normalized spacial score (nSPS) is 12.4. The van der Waals surface area contributed by atoms with Crippen molar-refractivity contribution in [3.8, 4) is 0 Å². The molecule has 1 aromatic rings. The topological polar surface area (TPSA) is 47.0 Å². The minimum Gasteiger partial charge on any atom is -0.371 e. The number of anilines is 1. The Balaban J connectivity index is 2.87. The van der Waals surface area contributed by atoms with Crippen molar-refractivity contribution in [1.82, 2.24) is 9.97 Å². The molecule has 1 N–H and O–H groups in total. The minimum absolute atomic E-state index is 0.0158. The van der Waals surface area contributed by atoms with Gasteiger partial charge in [-0.1, -0.05) is 20.3 Å². The van der Waals surface area contributed by atoms with E-state index >= 15 is 0 Å². The number of rotatable bonds is 8. The summed E-state index contributed by atoms with van der Waals surface area (Å²) in [5.41, 5.74) is 0.986. The van der Waals surface area contributed by atoms with Gasteiger partial charge in [0, 0.05) is 24.9 Å². The molecule has 0 aromatic carbocycles.